The van der Waals surface area contributed by atoms with Gasteiger partial charge in [0.2, 0.25) is 0 Å². The summed E-state index contributed by atoms with van der Waals surface area (Å²) in [5.41, 5.74) is 0.575. The number of esters is 1. The van der Waals surface area contributed by atoms with E-state index in [-0.39, 0.29) is 17.7 Å². The number of benzene rings is 1. The van der Waals surface area contributed by atoms with E-state index in [9.17, 15) is 9.18 Å². The van der Waals surface area contributed by atoms with Gasteiger partial charge in [-0.15, -0.1) is 0 Å². The summed E-state index contributed by atoms with van der Waals surface area (Å²) in [6.45, 7) is 4.02. The molecule has 3 fully saturated rings. The molecule has 190 valence electrons. The van der Waals surface area contributed by atoms with E-state index in [1.54, 1.807) is 19.1 Å². The van der Waals surface area contributed by atoms with Crippen LogP contribution >= 0.6 is 0 Å². The molecule has 0 aromatic heterocycles. The van der Waals surface area contributed by atoms with Crippen LogP contribution in [0.1, 0.15) is 115 Å². The molecule has 1 aromatic carbocycles. The average Bonchev–Trinajstić information content (AvgIpc) is 2.86. The Bertz CT molecular complexity index is 782. The number of carbonyl (C=O) groups is 1. The lowest BCUT2D eigenvalue weighted by Crippen LogP contribution is -2.35. The van der Waals surface area contributed by atoms with Crippen LogP contribution in [-0.2, 0) is 4.79 Å². The Morgan fingerprint density at radius 3 is 2.24 bits per heavy atom. The highest BCUT2D eigenvalue weighted by molar-refractivity contribution is 5.75. The number of halogens is 1. The number of aryl methyl sites for hydroxylation is 1. The van der Waals surface area contributed by atoms with Crippen molar-refractivity contribution in [1.29, 1.82) is 0 Å². The SMILES string of the molecule is CCCCCCCC1CCC2CC(C3CCC(C(=O)Oc4ccc(C)c(F)c4)CC3)CCC2C1. The summed E-state index contributed by atoms with van der Waals surface area (Å²) in [4.78, 5) is 12.6. The van der Waals surface area contributed by atoms with Gasteiger partial charge in [0.05, 0.1) is 5.92 Å². The maximum Gasteiger partial charge on any atom is 0.314 e. The molecule has 3 saturated carbocycles. The standard InChI is InChI=1S/C31H47FO2/c1-3-4-5-6-7-8-23-10-11-28-20-27(17-16-26(28)19-23)24-12-14-25(15-13-24)31(33)34-29-18-9-22(2)30(32)21-29/h9,18,21,23-28H,3-8,10-17,19-20H2,1-2H3. The first kappa shape index (κ1) is 25.7. The minimum absolute atomic E-state index is 0.0234. The molecule has 0 N–H and O–H groups in total. The second-order valence-electron chi connectivity index (χ2n) is 11.9. The number of rotatable bonds is 9. The highest BCUT2D eigenvalue weighted by Gasteiger charge is 2.39. The molecule has 2 nitrogen and oxygen atoms in total. The van der Waals surface area contributed by atoms with E-state index in [1.165, 1.54) is 83.1 Å². The zero-order valence-electron chi connectivity index (χ0n) is 21.7. The van der Waals surface area contributed by atoms with E-state index in [4.69, 9.17) is 4.74 Å². The summed E-state index contributed by atoms with van der Waals surface area (Å²) in [7, 11) is 0. The van der Waals surface area contributed by atoms with Crippen molar-refractivity contribution in [3.8, 4) is 5.75 Å². The van der Waals surface area contributed by atoms with Gasteiger partial charge in [-0.2, -0.15) is 0 Å². The summed E-state index contributed by atoms with van der Waals surface area (Å²) in [6, 6.07) is 4.70. The Morgan fingerprint density at radius 1 is 0.853 bits per heavy atom. The molecular weight excluding hydrogens is 423 g/mol. The lowest BCUT2D eigenvalue weighted by Gasteiger charge is -2.45. The summed E-state index contributed by atoms with van der Waals surface area (Å²) in [6.07, 6.45) is 21.5. The van der Waals surface area contributed by atoms with Gasteiger partial charge >= 0.3 is 5.97 Å². The normalized spacial score (nSPS) is 31.6. The van der Waals surface area contributed by atoms with Gasteiger partial charge < -0.3 is 4.74 Å². The Hall–Kier alpha value is -1.38. The molecule has 1 aromatic rings. The largest absolute Gasteiger partial charge is 0.426 e. The van der Waals surface area contributed by atoms with Crippen molar-refractivity contribution in [2.24, 2.45) is 35.5 Å². The van der Waals surface area contributed by atoms with Crippen LogP contribution < -0.4 is 4.74 Å². The highest BCUT2D eigenvalue weighted by atomic mass is 19.1. The second kappa shape index (κ2) is 12.5. The van der Waals surface area contributed by atoms with Gasteiger partial charge in [-0.05, 0) is 106 Å². The second-order valence-corrected chi connectivity index (χ2v) is 11.9. The molecule has 0 saturated heterocycles. The molecule has 34 heavy (non-hydrogen) atoms. The number of carbonyl (C=O) groups excluding carboxylic acids is 1. The third-order valence-corrected chi connectivity index (χ3v) is 9.61. The van der Waals surface area contributed by atoms with Crippen molar-refractivity contribution in [2.45, 2.75) is 117 Å². The first-order chi connectivity index (χ1) is 16.5. The van der Waals surface area contributed by atoms with Crippen LogP contribution in [0.25, 0.3) is 0 Å². The van der Waals surface area contributed by atoms with Gasteiger partial charge in [0.25, 0.3) is 0 Å². The van der Waals surface area contributed by atoms with Crippen molar-refractivity contribution >= 4 is 5.97 Å². The Morgan fingerprint density at radius 2 is 1.50 bits per heavy atom. The van der Waals surface area contributed by atoms with E-state index in [2.05, 4.69) is 6.92 Å². The first-order valence-corrected chi connectivity index (χ1v) is 14.5. The van der Waals surface area contributed by atoms with Crippen molar-refractivity contribution in [3.63, 3.8) is 0 Å². The van der Waals surface area contributed by atoms with Crippen LogP contribution in [0.2, 0.25) is 0 Å². The van der Waals surface area contributed by atoms with Crippen LogP contribution in [-0.4, -0.2) is 5.97 Å². The van der Waals surface area contributed by atoms with E-state index in [1.807, 2.05) is 0 Å². The average molecular weight is 471 g/mol. The summed E-state index contributed by atoms with van der Waals surface area (Å²) in [5.74, 6) is 4.45. The third-order valence-electron chi connectivity index (χ3n) is 9.61. The van der Waals surface area contributed by atoms with E-state index in [0.29, 0.717) is 11.3 Å². The summed E-state index contributed by atoms with van der Waals surface area (Å²) < 4.78 is 19.3. The molecule has 0 spiro atoms. The zero-order valence-corrected chi connectivity index (χ0v) is 21.7. The van der Waals surface area contributed by atoms with Gasteiger partial charge in [-0.1, -0.05) is 57.9 Å². The van der Waals surface area contributed by atoms with Gasteiger partial charge in [0.1, 0.15) is 11.6 Å². The molecule has 0 radical (unpaired) electrons. The minimum Gasteiger partial charge on any atom is -0.426 e. The molecule has 4 unspecified atom stereocenters. The van der Waals surface area contributed by atoms with Gasteiger partial charge in [-0.25, -0.2) is 4.39 Å². The molecule has 0 aliphatic heterocycles. The number of hydrogen-bond acceptors (Lipinski definition) is 2. The molecule has 3 heteroatoms. The Labute approximate surface area is 207 Å². The highest BCUT2D eigenvalue weighted by Crippen LogP contribution is 2.49. The predicted molar refractivity (Wildman–Crippen MR) is 137 cm³/mol. The first-order valence-electron chi connectivity index (χ1n) is 14.5. The summed E-state index contributed by atoms with van der Waals surface area (Å²) >= 11 is 0. The number of hydrogen-bond donors (Lipinski definition) is 0. The number of unbranched alkanes of at least 4 members (excludes halogenated alkanes) is 4. The molecule has 3 aliphatic carbocycles. The molecule has 3 aliphatic rings. The topological polar surface area (TPSA) is 26.3 Å². The van der Waals surface area contributed by atoms with Crippen molar-refractivity contribution in [2.75, 3.05) is 0 Å². The lowest BCUT2D eigenvalue weighted by atomic mass is 9.60. The zero-order chi connectivity index (χ0) is 23.9. The van der Waals surface area contributed by atoms with Crippen LogP contribution in [0.4, 0.5) is 4.39 Å². The quantitative estimate of drug-likeness (QED) is 0.204. The van der Waals surface area contributed by atoms with Crippen molar-refractivity contribution < 1.29 is 13.9 Å². The predicted octanol–water partition coefficient (Wildman–Crippen LogP) is 9.04. The molecule has 0 amide bonds. The summed E-state index contributed by atoms with van der Waals surface area (Å²) in [5, 5.41) is 0. The van der Waals surface area contributed by atoms with Gasteiger partial charge in [-0.3, -0.25) is 4.79 Å². The van der Waals surface area contributed by atoms with Crippen molar-refractivity contribution in [3.05, 3.63) is 29.6 Å². The van der Waals surface area contributed by atoms with Crippen molar-refractivity contribution in [1.82, 2.24) is 0 Å². The van der Waals surface area contributed by atoms with Crippen LogP contribution in [0, 0.1) is 48.2 Å². The third kappa shape index (κ3) is 6.85. The van der Waals surface area contributed by atoms with E-state index >= 15 is 0 Å². The molecule has 4 atom stereocenters. The van der Waals surface area contributed by atoms with Crippen LogP contribution in [0.5, 0.6) is 5.75 Å². The van der Waals surface area contributed by atoms with E-state index < -0.39 is 0 Å². The molecule has 0 heterocycles. The maximum atomic E-state index is 13.8. The van der Waals surface area contributed by atoms with Crippen LogP contribution in [0.3, 0.4) is 0 Å². The molecule has 4 rings (SSSR count). The fraction of sp³-hybridized carbons (Fsp3) is 0.774. The lowest BCUT2D eigenvalue weighted by molar-refractivity contribution is -0.140. The maximum absolute atomic E-state index is 13.8. The van der Waals surface area contributed by atoms with Crippen LogP contribution in [0.15, 0.2) is 18.2 Å². The molecular formula is C31H47FO2. The smallest absolute Gasteiger partial charge is 0.314 e. The number of ether oxygens (including phenoxy) is 1. The van der Waals surface area contributed by atoms with E-state index in [0.717, 1.165) is 55.3 Å². The number of fused-ring (bicyclic) bond motifs is 1. The Balaban J connectivity index is 1.17. The monoisotopic (exact) mass is 470 g/mol. The Kier molecular flexibility index (Phi) is 9.48. The fourth-order valence-corrected chi connectivity index (χ4v) is 7.41. The minimum atomic E-state index is -0.314. The van der Waals surface area contributed by atoms with Gasteiger partial charge in [0.15, 0.2) is 0 Å². The molecule has 0 bridgehead atoms. The fourth-order valence-electron chi connectivity index (χ4n) is 7.41. The van der Waals surface area contributed by atoms with Gasteiger partial charge in [0, 0.05) is 6.07 Å².